The van der Waals surface area contributed by atoms with Crippen LogP contribution in [0, 0.1) is 0 Å². The van der Waals surface area contributed by atoms with Gasteiger partial charge in [0.15, 0.2) is 10.0 Å². The lowest BCUT2D eigenvalue weighted by atomic mass is 11.6. The molecule has 11 heteroatoms. The van der Waals surface area contributed by atoms with Crippen molar-refractivity contribution < 1.29 is 30.0 Å². The van der Waals surface area contributed by atoms with E-state index in [1.54, 1.807) is 4.13 Å². The number of hydrogen-bond donors (Lipinski definition) is 1. The number of sulfonamides is 1. The van der Waals surface area contributed by atoms with Gasteiger partial charge in [-0.25, -0.2) is 21.6 Å². The average molecular weight is 241 g/mol. The summed E-state index contributed by atoms with van der Waals surface area (Å²) in [6.45, 7) is 0. The first-order chi connectivity index (χ1) is 5.52. The number of hydrogen-bond acceptors (Lipinski definition) is 4. The van der Waals surface area contributed by atoms with Crippen LogP contribution < -0.4 is 4.72 Å². The van der Waals surface area contributed by atoms with E-state index in [9.17, 15) is 30.0 Å². The number of rotatable bonds is 3. The monoisotopic (exact) mass is 241 g/mol. The highest BCUT2D eigenvalue weighted by molar-refractivity contribution is 8.11. The van der Waals surface area contributed by atoms with E-state index in [1.807, 2.05) is 0 Å². The first-order valence-electron chi connectivity index (χ1n) is 2.51. The Morgan fingerprint density at radius 3 is 1.77 bits per heavy atom. The van der Waals surface area contributed by atoms with Crippen LogP contribution in [0.15, 0.2) is 0 Å². The Morgan fingerprint density at radius 2 is 1.54 bits per heavy atom. The topological polar surface area (TPSA) is 94.4 Å². The van der Waals surface area contributed by atoms with Crippen molar-refractivity contribution in [3.63, 3.8) is 0 Å². The molecule has 0 aromatic rings. The summed E-state index contributed by atoms with van der Waals surface area (Å²) in [6.07, 6.45) is 0. The SMILES string of the molecule is CNS(=O)(=O)[N-]S(=O)(=O)C(F)(F)F. The van der Waals surface area contributed by atoms with Gasteiger partial charge in [-0.2, -0.15) is 13.2 Å². The van der Waals surface area contributed by atoms with Crippen LogP contribution in [0.2, 0.25) is 0 Å². The molecule has 0 unspecified atom stereocenters. The zero-order valence-electron chi connectivity index (χ0n) is 6.03. The third-order valence-corrected chi connectivity index (χ3v) is 3.42. The summed E-state index contributed by atoms with van der Waals surface area (Å²) in [4.78, 5) is 0. The van der Waals surface area contributed by atoms with E-state index < -0.39 is 25.7 Å². The molecule has 0 rings (SSSR count). The van der Waals surface area contributed by atoms with E-state index in [-0.39, 0.29) is 0 Å². The lowest BCUT2D eigenvalue weighted by molar-refractivity contribution is -0.0425. The fourth-order valence-electron chi connectivity index (χ4n) is 0.209. The molecule has 0 amide bonds. The molecular weight excluding hydrogens is 237 g/mol. The van der Waals surface area contributed by atoms with Crippen molar-refractivity contribution in [1.82, 2.24) is 4.72 Å². The highest BCUT2D eigenvalue weighted by atomic mass is 32.3. The molecule has 1 N–H and O–H groups in total. The summed E-state index contributed by atoms with van der Waals surface area (Å²) in [6, 6.07) is 0. The third-order valence-electron chi connectivity index (χ3n) is 0.747. The maximum atomic E-state index is 11.5. The Labute approximate surface area is 72.4 Å². The van der Waals surface area contributed by atoms with Crippen LogP contribution in [0.4, 0.5) is 13.2 Å². The molecule has 0 saturated heterocycles. The van der Waals surface area contributed by atoms with Gasteiger partial charge in [0.2, 0.25) is 0 Å². The molecule has 0 radical (unpaired) electrons. The van der Waals surface area contributed by atoms with Gasteiger partial charge in [0, 0.05) is 0 Å². The second-order valence-corrected chi connectivity index (χ2v) is 5.04. The molecular formula is C2H4F3N2O4S2-. The molecule has 0 fully saturated rings. The highest BCUT2D eigenvalue weighted by Crippen LogP contribution is 2.29. The quantitative estimate of drug-likeness (QED) is 0.732. The van der Waals surface area contributed by atoms with E-state index in [4.69, 9.17) is 0 Å². The van der Waals surface area contributed by atoms with Crippen LogP contribution in [0.5, 0.6) is 0 Å². The summed E-state index contributed by atoms with van der Waals surface area (Å²) in [7, 11) is -10.1. The first-order valence-corrected chi connectivity index (χ1v) is 5.39. The first kappa shape index (κ1) is 12.6. The van der Waals surface area contributed by atoms with Crippen molar-refractivity contribution in [1.29, 1.82) is 0 Å². The zero-order chi connectivity index (χ0) is 10.9. The molecule has 13 heavy (non-hydrogen) atoms. The second-order valence-electron chi connectivity index (χ2n) is 1.67. The Balaban J connectivity index is 4.97. The van der Waals surface area contributed by atoms with E-state index in [0.29, 0.717) is 0 Å². The van der Waals surface area contributed by atoms with Gasteiger partial charge in [0.1, 0.15) is 10.2 Å². The minimum atomic E-state index is -5.99. The Hall–Kier alpha value is -0.390. The maximum Gasteiger partial charge on any atom is 0.480 e. The largest absolute Gasteiger partial charge is 0.480 e. The van der Waals surface area contributed by atoms with E-state index in [1.165, 1.54) is 4.72 Å². The Bertz CT molecular complexity index is 367. The molecule has 0 aliphatic rings. The second kappa shape index (κ2) is 3.40. The molecule has 80 valence electrons. The van der Waals surface area contributed by atoms with Crippen molar-refractivity contribution >= 4 is 20.2 Å². The summed E-state index contributed by atoms with van der Waals surface area (Å²) in [5, 5.41) is 0. The predicted molar refractivity (Wildman–Crippen MR) is 36.3 cm³/mol. The van der Waals surface area contributed by atoms with Crippen molar-refractivity contribution in [2.24, 2.45) is 0 Å². The van der Waals surface area contributed by atoms with Crippen LogP contribution in [0.1, 0.15) is 0 Å². The molecule has 0 aromatic heterocycles. The van der Waals surface area contributed by atoms with Crippen molar-refractivity contribution in [3.8, 4) is 0 Å². The average Bonchev–Trinajstić information content (AvgIpc) is 1.83. The van der Waals surface area contributed by atoms with Crippen molar-refractivity contribution in [3.05, 3.63) is 4.13 Å². The predicted octanol–water partition coefficient (Wildman–Crippen LogP) is -0.326. The standard InChI is InChI=1S/C2H4F3N2O4S2/c1-6-13(10,11)7-12(8,9)2(3,4)5/h6H,1H3/q-1. The van der Waals surface area contributed by atoms with Gasteiger partial charge in [0.25, 0.3) is 0 Å². The molecule has 0 aliphatic heterocycles. The number of halogens is 3. The molecule has 0 spiro atoms. The van der Waals surface area contributed by atoms with Gasteiger partial charge in [0.05, 0.1) is 0 Å². The lowest BCUT2D eigenvalue weighted by Gasteiger charge is -2.20. The van der Waals surface area contributed by atoms with Crippen LogP contribution in [0.3, 0.4) is 0 Å². The van der Waals surface area contributed by atoms with Gasteiger partial charge in [-0.15, -0.1) is 0 Å². The van der Waals surface area contributed by atoms with Crippen LogP contribution in [-0.2, 0) is 20.2 Å². The van der Waals surface area contributed by atoms with Gasteiger partial charge in [-0.1, -0.05) is 0 Å². The van der Waals surface area contributed by atoms with E-state index in [0.717, 1.165) is 7.05 Å². The minimum absolute atomic E-state index is 0.727. The molecule has 0 atom stereocenters. The van der Waals surface area contributed by atoms with Gasteiger partial charge in [-0.3, -0.25) is 0 Å². The minimum Gasteiger partial charge on any atom is -0.415 e. The summed E-state index contributed by atoms with van der Waals surface area (Å²) >= 11 is 0. The number of alkyl halides is 3. The summed E-state index contributed by atoms with van der Waals surface area (Å²) in [5.74, 6) is 0. The Kier molecular flexibility index (Phi) is 3.30. The van der Waals surface area contributed by atoms with Gasteiger partial charge < -0.3 is 4.13 Å². The molecule has 6 nitrogen and oxygen atoms in total. The lowest BCUT2D eigenvalue weighted by Crippen LogP contribution is -2.28. The molecule has 0 aliphatic carbocycles. The molecule has 0 saturated carbocycles. The maximum absolute atomic E-state index is 11.5. The summed E-state index contributed by atoms with van der Waals surface area (Å²) < 4.78 is 78.4. The zero-order valence-corrected chi connectivity index (χ0v) is 7.66. The molecule has 0 bridgehead atoms. The van der Waals surface area contributed by atoms with Crippen LogP contribution in [-0.4, -0.2) is 29.4 Å². The normalized spacial score (nSPS) is 14.5. The Morgan fingerprint density at radius 1 is 1.15 bits per heavy atom. The number of nitrogens with one attached hydrogen (secondary N) is 1. The fraction of sp³-hybridized carbons (Fsp3) is 1.00. The van der Waals surface area contributed by atoms with E-state index in [2.05, 4.69) is 0 Å². The van der Waals surface area contributed by atoms with Crippen molar-refractivity contribution in [2.75, 3.05) is 7.05 Å². The third kappa shape index (κ3) is 3.46. The summed E-state index contributed by atoms with van der Waals surface area (Å²) in [5.41, 5.74) is -5.71. The molecule has 0 heterocycles. The smallest absolute Gasteiger partial charge is 0.415 e. The van der Waals surface area contributed by atoms with Crippen LogP contribution in [0.25, 0.3) is 4.13 Å². The van der Waals surface area contributed by atoms with Gasteiger partial charge in [-0.05, 0) is 7.05 Å². The fourth-order valence-corrected chi connectivity index (χ4v) is 1.88. The highest BCUT2D eigenvalue weighted by Gasteiger charge is 2.40. The number of nitrogens with zero attached hydrogens (tertiary/aromatic N) is 1. The molecule has 0 aromatic carbocycles. The van der Waals surface area contributed by atoms with E-state index >= 15 is 0 Å². The van der Waals surface area contributed by atoms with Gasteiger partial charge >= 0.3 is 5.51 Å². The van der Waals surface area contributed by atoms with Crippen molar-refractivity contribution in [2.45, 2.75) is 5.51 Å². The van der Waals surface area contributed by atoms with Crippen LogP contribution >= 0.6 is 0 Å².